The van der Waals surface area contributed by atoms with Crippen molar-refractivity contribution in [1.82, 2.24) is 15.5 Å². The maximum Gasteiger partial charge on any atom is 0.253 e. The fraction of sp³-hybridized carbons (Fsp3) is 0.385. The van der Waals surface area contributed by atoms with Crippen LogP contribution in [0.15, 0.2) is 28.7 Å². The lowest BCUT2D eigenvalue weighted by Gasteiger charge is -2.07. The van der Waals surface area contributed by atoms with Gasteiger partial charge in [0.2, 0.25) is 5.89 Å². The predicted octanol–water partition coefficient (Wildman–Crippen LogP) is 2.97. The minimum atomic E-state index is 0.0763. The van der Waals surface area contributed by atoms with Crippen LogP contribution in [0, 0.1) is 0 Å². The van der Waals surface area contributed by atoms with Crippen LogP contribution in [0.5, 0.6) is 5.75 Å². The number of nitrogens with zero attached hydrogens (tertiary/aromatic N) is 2. The van der Waals surface area contributed by atoms with Crippen LogP contribution in [-0.2, 0) is 6.61 Å². The van der Waals surface area contributed by atoms with E-state index >= 15 is 0 Å². The molecular weight excluding hydrogens is 266 g/mol. The molecule has 1 heterocycles. The minimum absolute atomic E-state index is 0.0763. The number of nitrogens with one attached hydrogen (secondary N) is 1. The van der Waals surface area contributed by atoms with Crippen molar-refractivity contribution in [2.75, 3.05) is 7.05 Å². The van der Waals surface area contributed by atoms with Gasteiger partial charge in [-0.3, -0.25) is 0 Å². The number of hydrogen-bond acceptors (Lipinski definition) is 5. The smallest absolute Gasteiger partial charge is 0.253 e. The van der Waals surface area contributed by atoms with Crippen LogP contribution in [0.25, 0.3) is 0 Å². The Labute approximate surface area is 116 Å². The summed E-state index contributed by atoms with van der Waals surface area (Å²) in [7, 11) is 1.86. The third kappa shape index (κ3) is 3.68. The summed E-state index contributed by atoms with van der Waals surface area (Å²) in [5.74, 6) is 1.70. The van der Waals surface area contributed by atoms with Crippen molar-refractivity contribution in [1.29, 1.82) is 0 Å². The van der Waals surface area contributed by atoms with Crippen LogP contribution in [0.4, 0.5) is 0 Å². The van der Waals surface area contributed by atoms with Gasteiger partial charge in [-0.15, -0.1) is 10.2 Å². The van der Waals surface area contributed by atoms with Gasteiger partial charge in [-0.1, -0.05) is 24.6 Å². The van der Waals surface area contributed by atoms with Gasteiger partial charge in [0.25, 0.3) is 5.89 Å². The highest BCUT2D eigenvalue weighted by atomic mass is 35.5. The molecule has 0 aliphatic heterocycles. The number of halogens is 1. The molecule has 2 aromatic rings. The first-order valence-electron chi connectivity index (χ1n) is 6.10. The van der Waals surface area contributed by atoms with E-state index in [-0.39, 0.29) is 12.6 Å². The molecule has 0 fully saturated rings. The zero-order chi connectivity index (χ0) is 13.7. The van der Waals surface area contributed by atoms with Crippen molar-refractivity contribution in [2.24, 2.45) is 0 Å². The lowest BCUT2D eigenvalue weighted by atomic mass is 10.2. The van der Waals surface area contributed by atoms with Gasteiger partial charge in [0.15, 0.2) is 6.61 Å². The molecule has 2 rings (SSSR count). The molecule has 1 aromatic heterocycles. The number of ether oxygens (including phenoxy) is 1. The molecule has 0 radical (unpaired) electrons. The molecule has 102 valence electrons. The lowest BCUT2D eigenvalue weighted by molar-refractivity contribution is 0.254. The Hall–Kier alpha value is -1.59. The van der Waals surface area contributed by atoms with E-state index in [1.54, 1.807) is 12.1 Å². The quantitative estimate of drug-likeness (QED) is 0.882. The van der Waals surface area contributed by atoms with E-state index in [9.17, 15) is 0 Å². The highest BCUT2D eigenvalue weighted by molar-refractivity contribution is 6.30. The predicted molar refractivity (Wildman–Crippen MR) is 72.2 cm³/mol. The van der Waals surface area contributed by atoms with Crippen molar-refractivity contribution in [3.63, 3.8) is 0 Å². The zero-order valence-corrected chi connectivity index (χ0v) is 11.6. The Balaban J connectivity index is 1.97. The van der Waals surface area contributed by atoms with E-state index in [4.69, 9.17) is 20.8 Å². The third-order valence-electron chi connectivity index (χ3n) is 2.70. The van der Waals surface area contributed by atoms with Crippen molar-refractivity contribution in [2.45, 2.75) is 26.0 Å². The molecule has 0 saturated carbocycles. The second-order valence-corrected chi connectivity index (χ2v) is 4.47. The molecule has 0 aliphatic carbocycles. The Bertz CT molecular complexity index is 526. The van der Waals surface area contributed by atoms with Crippen molar-refractivity contribution in [3.05, 3.63) is 41.1 Å². The first-order valence-corrected chi connectivity index (χ1v) is 6.48. The van der Waals surface area contributed by atoms with Gasteiger partial charge < -0.3 is 14.5 Å². The van der Waals surface area contributed by atoms with E-state index in [0.29, 0.717) is 22.6 Å². The number of benzene rings is 1. The van der Waals surface area contributed by atoms with Crippen LogP contribution in [0.1, 0.15) is 31.2 Å². The monoisotopic (exact) mass is 281 g/mol. The molecule has 19 heavy (non-hydrogen) atoms. The van der Waals surface area contributed by atoms with E-state index < -0.39 is 0 Å². The maximum atomic E-state index is 5.87. The summed E-state index contributed by atoms with van der Waals surface area (Å²) in [6, 6.07) is 7.25. The zero-order valence-electron chi connectivity index (χ0n) is 10.9. The Morgan fingerprint density at radius 1 is 1.42 bits per heavy atom. The van der Waals surface area contributed by atoms with Crippen LogP contribution in [0.2, 0.25) is 5.02 Å². The number of aromatic nitrogens is 2. The average Bonchev–Trinajstić information content (AvgIpc) is 2.87. The van der Waals surface area contributed by atoms with Crippen LogP contribution in [-0.4, -0.2) is 17.2 Å². The van der Waals surface area contributed by atoms with Crippen molar-refractivity contribution >= 4 is 11.6 Å². The highest BCUT2D eigenvalue weighted by Crippen LogP contribution is 2.19. The second kappa shape index (κ2) is 6.54. The minimum Gasteiger partial charge on any atom is -0.484 e. The van der Waals surface area contributed by atoms with Gasteiger partial charge in [-0.05, 0) is 31.7 Å². The molecule has 0 aliphatic rings. The van der Waals surface area contributed by atoms with Crippen molar-refractivity contribution in [3.8, 4) is 5.75 Å². The van der Waals surface area contributed by atoms with Crippen LogP contribution >= 0.6 is 11.6 Å². The maximum absolute atomic E-state index is 5.87. The molecular formula is C13H16ClN3O2. The van der Waals surface area contributed by atoms with Gasteiger partial charge in [-0.25, -0.2) is 0 Å². The van der Waals surface area contributed by atoms with Gasteiger partial charge in [-0.2, -0.15) is 0 Å². The normalized spacial score (nSPS) is 12.4. The summed E-state index contributed by atoms with van der Waals surface area (Å²) in [5.41, 5.74) is 0. The fourth-order valence-electron chi connectivity index (χ4n) is 1.67. The summed E-state index contributed by atoms with van der Waals surface area (Å²) in [4.78, 5) is 0. The molecule has 5 nitrogen and oxygen atoms in total. The Kier molecular flexibility index (Phi) is 4.76. The molecule has 1 unspecified atom stereocenters. The summed E-state index contributed by atoms with van der Waals surface area (Å²) in [6.07, 6.45) is 0.882. The fourth-order valence-corrected chi connectivity index (χ4v) is 1.85. The largest absolute Gasteiger partial charge is 0.484 e. The van der Waals surface area contributed by atoms with Crippen LogP contribution < -0.4 is 10.1 Å². The molecule has 0 amide bonds. The van der Waals surface area contributed by atoms with Gasteiger partial charge in [0, 0.05) is 5.02 Å². The summed E-state index contributed by atoms with van der Waals surface area (Å²) in [6.45, 7) is 2.28. The van der Waals surface area contributed by atoms with Gasteiger partial charge in [0.05, 0.1) is 6.04 Å². The van der Waals surface area contributed by atoms with Crippen molar-refractivity contribution < 1.29 is 9.15 Å². The highest BCUT2D eigenvalue weighted by Gasteiger charge is 2.15. The average molecular weight is 282 g/mol. The molecule has 0 spiro atoms. The third-order valence-corrected chi connectivity index (χ3v) is 2.93. The van der Waals surface area contributed by atoms with Gasteiger partial charge >= 0.3 is 0 Å². The Morgan fingerprint density at radius 2 is 2.26 bits per heavy atom. The SMILES string of the molecule is CCC(NC)c1nnc(COc2cccc(Cl)c2)o1. The summed E-state index contributed by atoms with van der Waals surface area (Å²) >= 11 is 5.87. The first kappa shape index (κ1) is 13.8. The van der Waals surface area contributed by atoms with E-state index in [1.165, 1.54) is 0 Å². The summed E-state index contributed by atoms with van der Waals surface area (Å²) in [5, 5.41) is 11.7. The standard InChI is InChI=1S/C13H16ClN3O2/c1-3-11(15-2)13-17-16-12(19-13)8-18-10-6-4-5-9(14)7-10/h4-7,11,15H,3,8H2,1-2H3. The van der Waals surface area contributed by atoms with E-state index in [0.717, 1.165) is 6.42 Å². The molecule has 6 heteroatoms. The molecule has 1 N–H and O–H groups in total. The van der Waals surface area contributed by atoms with E-state index in [1.807, 2.05) is 26.1 Å². The van der Waals surface area contributed by atoms with Gasteiger partial charge in [0.1, 0.15) is 5.75 Å². The first-order chi connectivity index (χ1) is 9.22. The molecule has 1 atom stereocenters. The summed E-state index contributed by atoms with van der Waals surface area (Å²) < 4.78 is 11.1. The van der Waals surface area contributed by atoms with Crippen LogP contribution in [0.3, 0.4) is 0 Å². The molecule has 0 bridgehead atoms. The number of hydrogen-bond donors (Lipinski definition) is 1. The van der Waals surface area contributed by atoms with E-state index in [2.05, 4.69) is 15.5 Å². The molecule has 1 aromatic carbocycles. The topological polar surface area (TPSA) is 60.2 Å². The Morgan fingerprint density at radius 3 is 2.95 bits per heavy atom. The lowest BCUT2D eigenvalue weighted by Crippen LogP contribution is -2.15. The number of rotatable bonds is 6. The molecule has 0 saturated heterocycles. The second-order valence-electron chi connectivity index (χ2n) is 4.03.